The normalized spacial score (nSPS) is 17.2. The third-order valence-electron chi connectivity index (χ3n) is 3.92. The lowest BCUT2D eigenvalue weighted by Gasteiger charge is -2.19. The lowest BCUT2D eigenvalue weighted by molar-refractivity contribution is 0.438. The maximum absolute atomic E-state index is 11.1. The number of hydrogen-bond donors (Lipinski definition) is 0. The molecule has 0 bridgehead atoms. The fourth-order valence-corrected chi connectivity index (χ4v) is 2.95. The highest BCUT2D eigenvalue weighted by atomic mass is 16.3. The minimum absolute atomic E-state index is 0.408. The Balaban J connectivity index is 2.16. The smallest absolute Gasteiger partial charge is 0.205 e. The molecule has 0 aromatic carbocycles. The zero-order valence-electron chi connectivity index (χ0n) is 10.6. The van der Waals surface area contributed by atoms with Crippen LogP contribution in [0.1, 0.15) is 49.3 Å². The van der Waals surface area contributed by atoms with Gasteiger partial charge in [-0.05, 0) is 36.6 Å². The molecule has 1 fully saturated rings. The van der Waals surface area contributed by atoms with E-state index in [-0.39, 0.29) is 0 Å². The summed E-state index contributed by atoms with van der Waals surface area (Å²) in [6.07, 6.45) is 7.90. The minimum Gasteiger partial charge on any atom is -0.281 e. The van der Waals surface area contributed by atoms with Gasteiger partial charge in [0.2, 0.25) is 5.82 Å². The highest BCUT2D eigenvalue weighted by Crippen LogP contribution is 2.37. The number of nitroso groups, excluding NO2 is 1. The lowest BCUT2D eigenvalue weighted by atomic mass is 9.87. The Kier molecular flexibility index (Phi) is 2.86. The Hall–Kier alpha value is -1.71. The first-order chi connectivity index (χ1) is 8.81. The van der Waals surface area contributed by atoms with Gasteiger partial charge >= 0.3 is 0 Å². The molecule has 0 amide bonds. The second-order valence-corrected chi connectivity index (χ2v) is 5.13. The summed E-state index contributed by atoms with van der Waals surface area (Å²) < 4.78 is 1.83. The van der Waals surface area contributed by atoms with Gasteiger partial charge < -0.3 is 0 Å². The first kappa shape index (κ1) is 11.4. The molecule has 4 heteroatoms. The van der Waals surface area contributed by atoms with Crippen molar-refractivity contribution in [3.63, 3.8) is 0 Å². The summed E-state index contributed by atoms with van der Waals surface area (Å²) >= 11 is 0. The fraction of sp³-hybridized carbons (Fsp3) is 0.500. The Bertz CT molecular complexity index is 582. The molecule has 0 aliphatic heterocycles. The molecule has 3 rings (SSSR count). The van der Waals surface area contributed by atoms with Crippen LogP contribution in [0.15, 0.2) is 23.5 Å². The average molecular weight is 243 g/mol. The molecule has 0 spiro atoms. The fourth-order valence-electron chi connectivity index (χ4n) is 2.95. The van der Waals surface area contributed by atoms with Gasteiger partial charge in [-0.3, -0.25) is 4.40 Å². The Labute approximate surface area is 106 Å². The third kappa shape index (κ3) is 1.72. The van der Waals surface area contributed by atoms with Gasteiger partial charge in [0, 0.05) is 12.1 Å². The van der Waals surface area contributed by atoms with Gasteiger partial charge in [-0.15, -0.1) is 4.91 Å². The van der Waals surface area contributed by atoms with Crippen LogP contribution in [0.5, 0.6) is 0 Å². The molecule has 2 heterocycles. The number of hydrogen-bond acceptors (Lipinski definition) is 3. The molecule has 94 valence electrons. The molecule has 4 nitrogen and oxygen atoms in total. The van der Waals surface area contributed by atoms with Crippen LogP contribution in [0.4, 0.5) is 5.82 Å². The van der Waals surface area contributed by atoms with Crippen LogP contribution in [-0.4, -0.2) is 9.38 Å². The number of fused-ring (bicyclic) bond motifs is 1. The van der Waals surface area contributed by atoms with Gasteiger partial charge in [-0.25, -0.2) is 4.98 Å². The Morgan fingerprint density at radius 1 is 1.33 bits per heavy atom. The zero-order chi connectivity index (χ0) is 12.5. The van der Waals surface area contributed by atoms with E-state index in [0.29, 0.717) is 11.7 Å². The van der Waals surface area contributed by atoms with Crippen molar-refractivity contribution in [2.75, 3.05) is 0 Å². The summed E-state index contributed by atoms with van der Waals surface area (Å²) in [4.78, 5) is 15.8. The van der Waals surface area contributed by atoms with Crippen molar-refractivity contribution in [2.24, 2.45) is 5.18 Å². The highest BCUT2D eigenvalue weighted by molar-refractivity contribution is 5.57. The van der Waals surface area contributed by atoms with Gasteiger partial charge in [0.05, 0.1) is 5.69 Å². The van der Waals surface area contributed by atoms with Crippen LogP contribution >= 0.6 is 0 Å². The average Bonchev–Trinajstić information content (AvgIpc) is 2.80. The molecule has 2 aromatic rings. The summed E-state index contributed by atoms with van der Waals surface area (Å²) in [6, 6.07) is 3.95. The van der Waals surface area contributed by atoms with E-state index in [9.17, 15) is 4.91 Å². The van der Waals surface area contributed by atoms with Gasteiger partial charge in [0.25, 0.3) is 0 Å². The van der Waals surface area contributed by atoms with Crippen molar-refractivity contribution in [2.45, 2.75) is 44.9 Å². The number of aryl methyl sites for hydroxylation is 1. The summed E-state index contributed by atoms with van der Waals surface area (Å²) in [5.74, 6) is 0.909. The molecular weight excluding hydrogens is 226 g/mol. The van der Waals surface area contributed by atoms with Gasteiger partial charge in [0.15, 0.2) is 0 Å². The van der Waals surface area contributed by atoms with Crippen molar-refractivity contribution in [3.8, 4) is 0 Å². The molecular formula is C14H17N3O. The van der Waals surface area contributed by atoms with Crippen molar-refractivity contribution in [1.82, 2.24) is 9.38 Å². The second kappa shape index (κ2) is 4.52. The standard InChI is InChI=1S/C14H17N3O/c1-10-6-5-9-17-13(10)15-12(14(17)16-18)11-7-3-2-4-8-11/h5-6,9,11H,2-4,7-8H2,1H3. The van der Waals surface area contributed by atoms with E-state index in [0.717, 1.165) is 29.7 Å². The van der Waals surface area contributed by atoms with Gasteiger partial charge in [0.1, 0.15) is 5.65 Å². The first-order valence-corrected chi connectivity index (χ1v) is 6.62. The number of nitrogens with zero attached hydrogens (tertiary/aromatic N) is 3. The van der Waals surface area contributed by atoms with Crippen LogP contribution in [0.3, 0.4) is 0 Å². The van der Waals surface area contributed by atoms with E-state index in [1.54, 1.807) is 0 Å². The van der Waals surface area contributed by atoms with Gasteiger partial charge in [-0.2, -0.15) is 0 Å². The minimum atomic E-state index is 0.408. The molecule has 0 unspecified atom stereocenters. The number of imidazole rings is 1. The number of pyridine rings is 1. The van der Waals surface area contributed by atoms with E-state index < -0.39 is 0 Å². The molecule has 1 aliphatic rings. The van der Waals surface area contributed by atoms with E-state index >= 15 is 0 Å². The predicted octanol–water partition coefficient (Wildman–Crippen LogP) is 4.09. The van der Waals surface area contributed by atoms with E-state index in [1.807, 2.05) is 29.7 Å². The summed E-state index contributed by atoms with van der Waals surface area (Å²) in [7, 11) is 0. The first-order valence-electron chi connectivity index (χ1n) is 6.62. The third-order valence-corrected chi connectivity index (χ3v) is 3.92. The molecule has 0 atom stereocenters. The second-order valence-electron chi connectivity index (χ2n) is 5.13. The van der Waals surface area contributed by atoms with E-state index in [2.05, 4.69) is 10.2 Å². The molecule has 0 saturated heterocycles. The monoisotopic (exact) mass is 243 g/mol. The van der Waals surface area contributed by atoms with Crippen molar-refractivity contribution in [1.29, 1.82) is 0 Å². The molecule has 2 aromatic heterocycles. The molecule has 18 heavy (non-hydrogen) atoms. The highest BCUT2D eigenvalue weighted by Gasteiger charge is 2.24. The SMILES string of the molecule is Cc1cccn2c(N=O)c(C3CCCCC3)nc12. The zero-order valence-corrected chi connectivity index (χ0v) is 10.6. The Morgan fingerprint density at radius 3 is 2.83 bits per heavy atom. The van der Waals surface area contributed by atoms with Crippen LogP contribution in [-0.2, 0) is 0 Å². The van der Waals surface area contributed by atoms with Crippen LogP contribution in [0, 0.1) is 11.8 Å². The summed E-state index contributed by atoms with van der Waals surface area (Å²) in [6.45, 7) is 2.02. The maximum atomic E-state index is 11.1. The topological polar surface area (TPSA) is 46.7 Å². The molecule has 0 N–H and O–H groups in total. The largest absolute Gasteiger partial charge is 0.281 e. The van der Waals surface area contributed by atoms with Crippen molar-refractivity contribution < 1.29 is 0 Å². The summed E-state index contributed by atoms with van der Waals surface area (Å²) in [5.41, 5.74) is 2.86. The van der Waals surface area contributed by atoms with Crippen LogP contribution in [0.2, 0.25) is 0 Å². The predicted molar refractivity (Wildman–Crippen MR) is 71.2 cm³/mol. The molecule has 0 radical (unpaired) electrons. The number of rotatable bonds is 2. The summed E-state index contributed by atoms with van der Waals surface area (Å²) in [5, 5.41) is 3.23. The molecule has 1 saturated carbocycles. The maximum Gasteiger partial charge on any atom is 0.205 e. The van der Waals surface area contributed by atoms with Gasteiger partial charge in [-0.1, -0.05) is 25.3 Å². The van der Waals surface area contributed by atoms with E-state index in [1.165, 1.54) is 19.3 Å². The van der Waals surface area contributed by atoms with E-state index in [4.69, 9.17) is 0 Å². The lowest BCUT2D eigenvalue weighted by Crippen LogP contribution is -2.05. The number of aromatic nitrogens is 2. The van der Waals surface area contributed by atoms with Crippen LogP contribution < -0.4 is 0 Å². The van der Waals surface area contributed by atoms with Crippen molar-refractivity contribution >= 4 is 11.5 Å². The van der Waals surface area contributed by atoms with Crippen molar-refractivity contribution in [3.05, 3.63) is 34.5 Å². The Morgan fingerprint density at radius 2 is 2.11 bits per heavy atom. The quantitative estimate of drug-likeness (QED) is 0.746. The van der Waals surface area contributed by atoms with Crippen LogP contribution in [0.25, 0.3) is 5.65 Å². The molecule has 1 aliphatic carbocycles.